The molecule has 2 rings (SSSR count). The van der Waals surface area contributed by atoms with Gasteiger partial charge in [0.05, 0.1) is 19.2 Å². The summed E-state index contributed by atoms with van der Waals surface area (Å²) in [5.41, 5.74) is 1.08. The summed E-state index contributed by atoms with van der Waals surface area (Å²) in [5.74, 6) is 2.04. The number of hydrogen-bond acceptors (Lipinski definition) is 4. The van der Waals surface area contributed by atoms with Crippen LogP contribution in [0.15, 0.2) is 11.4 Å². The van der Waals surface area contributed by atoms with Crippen LogP contribution in [0, 0.1) is 3.57 Å². The monoisotopic (exact) mass is 421 g/mol. The Balaban J connectivity index is 2.49. The number of halogens is 2. The average Bonchev–Trinajstić information content (AvgIpc) is 2.84. The van der Waals surface area contributed by atoms with E-state index in [1.54, 1.807) is 11.3 Å². The molecule has 1 N–H and O–H groups in total. The van der Waals surface area contributed by atoms with Gasteiger partial charge in [0.25, 0.3) is 0 Å². The molecule has 0 aromatic carbocycles. The SMILES string of the molecule is CCCNc1nc(-c2cc(Cl)cs2)nc(C(C)C)c1I. The van der Waals surface area contributed by atoms with Crippen LogP contribution in [0.4, 0.5) is 5.82 Å². The molecule has 0 saturated carbocycles. The summed E-state index contributed by atoms with van der Waals surface area (Å²) >= 11 is 9.91. The minimum absolute atomic E-state index is 0.362. The van der Waals surface area contributed by atoms with Crippen molar-refractivity contribution in [2.45, 2.75) is 33.1 Å². The quantitative estimate of drug-likeness (QED) is 0.656. The number of nitrogens with one attached hydrogen (secondary N) is 1. The Bertz CT molecular complexity index is 598. The molecule has 0 radical (unpaired) electrons. The van der Waals surface area contributed by atoms with Crippen molar-refractivity contribution in [2.75, 3.05) is 11.9 Å². The maximum Gasteiger partial charge on any atom is 0.171 e. The molecule has 108 valence electrons. The van der Waals surface area contributed by atoms with Crippen molar-refractivity contribution in [1.29, 1.82) is 0 Å². The van der Waals surface area contributed by atoms with Crippen molar-refractivity contribution >= 4 is 51.3 Å². The third kappa shape index (κ3) is 3.62. The van der Waals surface area contributed by atoms with Gasteiger partial charge in [-0.25, -0.2) is 9.97 Å². The number of hydrogen-bond donors (Lipinski definition) is 1. The fraction of sp³-hybridized carbons (Fsp3) is 0.429. The predicted molar refractivity (Wildman–Crippen MR) is 95.9 cm³/mol. The summed E-state index contributed by atoms with van der Waals surface area (Å²) in [4.78, 5) is 10.4. The van der Waals surface area contributed by atoms with Gasteiger partial charge in [-0.05, 0) is 41.0 Å². The lowest BCUT2D eigenvalue weighted by Gasteiger charge is -2.14. The van der Waals surface area contributed by atoms with Crippen LogP contribution >= 0.6 is 45.5 Å². The van der Waals surface area contributed by atoms with Gasteiger partial charge in [-0.3, -0.25) is 0 Å². The average molecular weight is 422 g/mol. The van der Waals surface area contributed by atoms with Gasteiger partial charge in [0.2, 0.25) is 0 Å². The first-order chi connectivity index (χ1) is 9.52. The first-order valence-corrected chi connectivity index (χ1v) is 8.92. The normalized spacial score (nSPS) is 11.1. The van der Waals surface area contributed by atoms with E-state index in [1.807, 2.05) is 11.4 Å². The van der Waals surface area contributed by atoms with Crippen LogP contribution in [0.5, 0.6) is 0 Å². The van der Waals surface area contributed by atoms with Gasteiger partial charge < -0.3 is 5.32 Å². The molecule has 6 heteroatoms. The Morgan fingerprint density at radius 2 is 2.15 bits per heavy atom. The lowest BCUT2D eigenvalue weighted by Crippen LogP contribution is -2.09. The van der Waals surface area contributed by atoms with Crippen molar-refractivity contribution in [3.8, 4) is 10.7 Å². The topological polar surface area (TPSA) is 37.8 Å². The van der Waals surface area contributed by atoms with Crippen molar-refractivity contribution in [2.24, 2.45) is 0 Å². The lowest BCUT2D eigenvalue weighted by atomic mass is 10.1. The number of rotatable bonds is 5. The third-order valence-electron chi connectivity index (χ3n) is 2.75. The van der Waals surface area contributed by atoms with Crippen molar-refractivity contribution < 1.29 is 0 Å². The highest BCUT2D eigenvalue weighted by Gasteiger charge is 2.16. The second kappa shape index (κ2) is 7.04. The van der Waals surface area contributed by atoms with Crippen LogP contribution in [0.1, 0.15) is 38.8 Å². The molecule has 0 spiro atoms. The number of aromatic nitrogens is 2. The van der Waals surface area contributed by atoms with Crippen LogP contribution in [0.25, 0.3) is 10.7 Å². The smallest absolute Gasteiger partial charge is 0.171 e. The summed E-state index contributed by atoms with van der Waals surface area (Å²) < 4.78 is 1.11. The van der Waals surface area contributed by atoms with E-state index in [1.165, 1.54) is 0 Å². The maximum absolute atomic E-state index is 6.01. The molecule has 0 unspecified atom stereocenters. The molecule has 0 aliphatic carbocycles. The molecule has 3 nitrogen and oxygen atoms in total. The molecule has 2 aromatic rings. The molecule has 20 heavy (non-hydrogen) atoms. The maximum atomic E-state index is 6.01. The fourth-order valence-corrected chi connectivity index (χ4v) is 3.81. The largest absolute Gasteiger partial charge is 0.369 e. The highest BCUT2D eigenvalue weighted by atomic mass is 127. The molecule has 0 saturated heterocycles. The summed E-state index contributed by atoms with van der Waals surface area (Å²) in [6.45, 7) is 7.36. The summed E-state index contributed by atoms with van der Waals surface area (Å²) in [5, 5.41) is 6.03. The standard InChI is InChI=1S/C14H17ClIN3S/c1-4-5-17-14-11(16)12(8(2)3)18-13(19-14)10-6-9(15)7-20-10/h6-8H,4-5H2,1-3H3,(H,17,18,19). The van der Waals surface area contributed by atoms with E-state index in [4.69, 9.17) is 16.6 Å². The minimum atomic E-state index is 0.362. The Kier molecular flexibility index (Phi) is 5.63. The van der Waals surface area contributed by atoms with Crippen LogP contribution in [-0.4, -0.2) is 16.5 Å². The number of anilines is 1. The lowest BCUT2D eigenvalue weighted by molar-refractivity contribution is 0.808. The third-order valence-corrected chi connectivity index (χ3v) is 5.09. The Morgan fingerprint density at radius 1 is 1.40 bits per heavy atom. The molecule has 2 heterocycles. The molecule has 0 fully saturated rings. The zero-order valence-corrected chi connectivity index (χ0v) is 15.4. The van der Waals surface area contributed by atoms with Gasteiger partial charge in [-0.1, -0.05) is 32.4 Å². The number of thiophene rings is 1. The van der Waals surface area contributed by atoms with E-state index < -0.39 is 0 Å². The first-order valence-electron chi connectivity index (χ1n) is 6.58. The van der Waals surface area contributed by atoms with Crippen LogP contribution in [0.3, 0.4) is 0 Å². The zero-order chi connectivity index (χ0) is 14.7. The first kappa shape index (κ1) is 16.0. The van der Waals surface area contributed by atoms with Crippen LogP contribution in [-0.2, 0) is 0 Å². The van der Waals surface area contributed by atoms with E-state index in [-0.39, 0.29) is 0 Å². The van der Waals surface area contributed by atoms with Crippen molar-refractivity contribution in [3.63, 3.8) is 0 Å². The van der Waals surface area contributed by atoms with Crippen LogP contribution in [0.2, 0.25) is 5.02 Å². The van der Waals surface area contributed by atoms with E-state index in [0.29, 0.717) is 5.92 Å². The van der Waals surface area contributed by atoms with Crippen molar-refractivity contribution in [1.82, 2.24) is 9.97 Å². The number of nitrogens with zero attached hydrogens (tertiary/aromatic N) is 2. The van der Waals surface area contributed by atoms with Gasteiger partial charge in [0.15, 0.2) is 5.82 Å². The molecule has 0 amide bonds. The van der Waals surface area contributed by atoms with Gasteiger partial charge >= 0.3 is 0 Å². The molecule has 0 aliphatic rings. The van der Waals surface area contributed by atoms with Gasteiger partial charge in [-0.15, -0.1) is 11.3 Å². The Morgan fingerprint density at radius 3 is 2.70 bits per heavy atom. The van der Waals surface area contributed by atoms with Gasteiger partial charge in [-0.2, -0.15) is 0 Å². The van der Waals surface area contributed by atoms with E-state index in [0.717, 1.165) is 43.8 Å². The second-order valence-electron chi connectivity index (χ2n) is 4.81. The summed E-state index contributed by atoms with van der Waals surface area (Å²) in [6.07, 6.45) is 1.07. The Hall–Kier alpha value is -0.400. The fourth-order valence-electron chi connectivity index (χ4n) is 1.75. The molecular weight excluding hydrogens is 405 g/mol. The molecule has 0 atom stereocenters. The highest BCUT2D eigenvalue weighted by Crippen LogP contribution is 2.32. The highest BCUT2D eigenvalue weighted by molar-refractivity contribution is 14.1. The van der Waals surface area contributed by atoms with E-state index >= 15 is 0 Å². The Labute approximate surface area is 142 Å². The summed E-state index contributed by atoms with van der Waals surface area (Å²) in [6, 6.07) is 1.92. The van der Waals surface area contributed by atoms with Crippen LogP contribution < -0.4 is 5.32 Å². The van der Waals surface area contributed by atoms with Gasteiger partial charge in [0.1, 0.15) is 5.82 Å². The van der Waals surface area contributed by atoms with E-state index in [2.05, 4.69) is 53.7 Å². The zero-order valence-electron chi connectivity index (χ0n) is 11.7. The van der Waals surface area contributed by atoms with E-state index in [9.17, 15) is 0 Å². The minimum Gasteiger partial charge on any atom is -0.369 e. The summed E-state index contributed by atoms with van der Waals surface area (Å²) in [7, 11) is 0. The van der Waals surface area contributed by atoms with Crippen molar-refractivity contribution in [3.05, 3.63) is 25.7 Å². The molecule has 2 aromatic heterocycles. The molecule has 0 aliphatic heterocycles. The molecular formula is C14H17ClIN3S. The van der Waals surface area contributed by atoms with Gasteiger partial charge in [0, 0.05) is 11.9 Å². The second-order valence-corrected chi connectivity index (χ2v) is 7.23. The predicted octanol–water partition coefficient (Wildman–Crippen LogP) is 5.41. The molecule has 0 bridgehead atoms.